The molecule has 1 N–H and O–H groups in total. The highest BCUT2D eigenvalue weighted by Gasteiger charge is 2.22. The molecule has 0 bridgehead atoms. The van der Waals surface area contributed by atoms with E-state index in [0.29, 0.717) is 18.1 Å². The number of aryl methyl sites for hydroxylation is 1. The van der Waals surface area contributed by atoms with Crippen LogP contribution in [0.3, 0.4) is 0 Å². The van der Waals surface area contributed by atoms with Gasteiger partial charge in [0.2, 0.25) is 11.8 Å². The summed E-state index contributed by atoms with van der Waals surface area (Å²) in [5.74, 6) is 1.20. The van der Waals surface area contributed by atoms with Gasteiger partial charge >= 0.3 is 0 Å². The molecule has 0 radical (unpaired) electrons. The minimum absolute atomic E-state index is 0.0661. The lowest BCUT2D eigenvalue weighted by Gasteiger charge is -2.29. The summed E-state index contributed by atoms with van der Waals surface area (Å²) in [7, 11) is 0. The third kappa shape index (κ3) is 4.42. The van der Waals surface area contributed by atoms with E-state index in [-0.39, 0.29) is 22.8 Å². The largest absolute Gasteiger partial charge is 0.360 e. The summed E-state index contributed by atoms with van der Waals surface area (Å²) in [5, 5.41) is 6.08. The molecular weight excluding hydrogens is 338 g/mol. The number of amides is 2. The van der Waals surface area contributed by atoms with E-state index >= 15 is 0 Å². The Morgan fingerprint density at radius 1 is 1.36 bits per heavy atom. The van der Waals surface area contributed by atoms with Gasteiger partial charge in [-0.3, -0.25) is 9.59 Å². The van der Waals surface area contributed by atoms with Gasteiger partial charge in [0.15, 0.2) is 5.82 Å². The Morgan fingerprint density at radius 2 is 2.12 bits per heavy atom. The van der Waals surface area contributed by atoms with Gasteiger partial charge in [-0.2, -0.15) is 0 Å². The summed E-state index contributed by atoms with van der Waals surface area (Å²) in [5.41, 5.74) is 2.52. The minimum atomic E-state index is -0.349. The molecule has 1 aromatic carbocycles. The van der Waals surface area contributed by atoms with Gasteiger partial charge in [-0.25, -0.2) is 0 Å². The molecule has 2 amide bonds. The standard InChI is InChI=1S/C18H21N3O3S/c1-12-9-16(20-24-12)19-18(23)13(2)25-11-17(22)21-8-7-14-5-3-4-6-15(14)10-21/h3-6,9,13H,7-8,10-11H2,1-2H3,(H,19,20,23). The molecule has 0 spiro atoms. The van der Waals surface area contributed by atoms with Crippen molar-refractivity contribution in [2.24, 2.45) is 0 Å². The average Bonchev–Trinajstić information content (AvgIpc) is 3.03. The second-order valence-electron chi connectivity index (χ2n) is 6.10. The highest BCUT2D eigenvalue weighted by atomic mass is 32.2. The second kappa shape index (κ2) is 7.74. The number of nitrogens with zero attached hydrogens (tertiary/aromatic N) is 2. The Balaban J connectivity index is 1.48. The number of thioether (sulfide) groups is 1. The van der Waals surface area contributed by atoms with Crippen LogP contribution in [0.15, 0.2) is 34.9 Å². The number of anilines is 1. The van der Waals surface area contributed by atoms with Crippen LogP contribution >= 0.6 is 11.8 Å². The van der Waals surface area contributed by atoms with Crippen LogP contribution in [-0.4, -0.2) is 39.4 Å². The second-order valence-corrected chi connectivity index (χ2v) is 7.43. The molecule has 0 aliphatic carbocycles. The van der Waals surface area contributed by atoms with E-state index in [1.54, 1.807) is 19.9 Å². The van der Waals surface area contributed by atoms with Crippen molar-refractivity contribution in [3.63, 3.8) is 0 Å². The molecule has 1 aromatic heterocycles. The molecule has 0 fully saturated rings. The summed E-state index contributed by atoms with van der Waals surface area (Å²) in [6, 6.07) is 9.87. The maximum Gasteiger partial charge on any atom is 0.238 e. The molecule has 1 unspecified atom stereocenters. The summed E-state index contributed by atoms with van der Waals surface area (Å²) < 4.78 is 4.92. The SMILES string of the molecule is Cc1cc(NC(=O)C(C)SCC(=O)N2CCc3ccccc3C2)no1. The first kappa shape index (κ1) is 17.5. The predicted molar refractivity (Wildman–Crippen MR) is 97.4 cm³/mol. The number of carbonyl (C=O) groups excluding carboxylic acids is 2. The maximum absolute atomic E-state index is 12.4. The fourth-order valence-electron chi connectivity index (χ4n) is 2.73. The van der Waals surface area contributed by atoms with Crippen LogP contribution in [0.1, 0.15) is 23.8 Å². The smallest absolute Gasteiger partial charge is 0.238 e. The van der Waals surface area contributed by atoms with Crippen molar-refractivity contribution in [2.45, 2.75) is 32.1 Å². The lowest BCUT2D eigenvalue weighted by Crippen LogP contribution is -2.37. The van der Waals surface area contributed by atoms with Gasteiger partial charge in [-0.05, 0) is 31.4 Å². The fourth-order valence-corrected chi connectivity index (χ4v) is 3.51. The first-order valence-electron chi connectivity index (χ1n) is 8.23. The lowest BCUT2D eigenvalue weighted by molar-refractivity contribution is -0.129. The van der Waals surface area contributed by atoms with Crippen LogP contribution in [0.2, 0.25) is 0 Å². The number of hydrogen-bond donors (Lipinski definition) is 1. The summed E-state index contributed by atoms with van der Waals surface area (Å²) in [6.45, 7) is 4.92. The van der Waals surface area contributed by atoms with Crippen molar-refractivity contribution in [2.75, 3.05) is 17.6 Å². The Morgan fingerprint density at radius 3 is 2.84 bits per heavy atom. The molecule has 3 rings (SSSR count). The van der Waals surface area contributed by atoms with Gasteiger partial charge in [0, 0.05) is 19.2 Å². The van der Waals surface area contributed by atoms with Crippen LogP contribution in [0.5, 0.6) is 0 Å². The van der Waals surface area contributed by atoms with Gasteiger partial charge < -0.3 is 14.7 Å². The normalized spacial score (nSPS) is 14.7. The molecule has 25 heavy (non-hydrogen) atoms. The van der Waals surface area contributed by atoms with Crippen molar-refractivity contribution in [1.29, 1.82) is 0 Å². The number of benzene rings is 1. The molecule has 7 heteroatoms. The van der Waals surface area contributed by atoms with E-state index in [1.165, 1.54) is 22.9 Å². The first-order chi connectivity index (χ1) is 12.0. The molecule has 6 nitrogen and oxygen atoms in total. The predicted octanol–water partition coefficient (Wildman–Crippen LogP) is 2.63. The molecule has 1 aliphatic heterocycles. The van der Waals surface area contributed by atoms with E-state index < -0.39 is 0 Å². The topological polar surface area (TPSA) is 75.4 Å². The molecule has 1 aliphatic rings. The fraction of sp³-hybridized carbons (Fsp3) is 0.389. The monoisotopic (exact) mass is 359 g/mol. The van der Waals surface area contributed by atoms with E-state index in [0.717, 1.165) is 13.0 Å². The maximum atomic E-state index is 12.4. The van der Waals surface area contributed by atoms with E-state index in [4.69, 9.17) is 4.52 Å². The number of fused-ring (bicyclic) bond motifs is 1. The highest BCUT2D eigenvalue weighted by molar-refractivity contribution is 8.01. The Hall–Kier alpha value is -2.28. The molecule has 1 atom stereocenters. The summed E-state index contributed by atoms with van der Waals surface area (Å²) in [4.78, 5) is 26.4. The van der Waals surface area contributed by atoms with Crippen molar-refractivity contribution in [3.8, 4) is 0 Å². The molecule has 0 saturated carbocycles. The number of hydrogen-bond acceptors (Lipinski definition) is 5. The van der Waals surface area contributed by atoms with E-state index in [2.05, 4.69) is 22.6 Å². The van der Waals surface area contributed by atoms with Crippen LogP contribution in [-0.2, 0) is 22.6 Å². The van der Waals surface area contributed by atoms with Crippen LogP contribution in [0.4, 0.5) is 5.82 Å². The van der Waals surface area contributed by atoms with Crippen molar-refractivity contribution >= 4 is 29.4 Å². The van der Waals surface area contributed by atoms with Gasteiger partial charge in [0.25, 0.3) is 0 Å². The Kier molecular flexibility index (Phi) is 5.43. The van der Waals surface area contributed by atoms with E-state index in [9.17, 15) is 9.59 Å². The number of carbonyl (C=O) groups is 2. The average molecular weight is 359 g/mol. The zero-order valence-corrected chi connectivity index (χ0v) is 15.1. The zero-order chi connectivity index (χ0) is 17.8. The van der Waals surface area contributed by atoms with Gasteiger partial charge in [-0.15, -0.1) is 11.8 Å². The van der Waals surface area contributed by atoms with Crippen molar-refractivity contribution in [3.05, 3.63) is 47.2 Å². The number of nitrogens with one attached hydrogen (secondary N) is 1. The summed E-state index contributed by atoms with van der Waals surface area (Å²) in [6.07, 6.45) is 0.883. The summed E-state index contributed by atoms with van der Waals surface area (Å²) >= 11 is 1.33. The van der Waals surface area contributed by atoms with Gasteiger partial charge in [0.05, 0.1) is 11.0 Å². The molecule has 2 aromatic rings. The number of aromatic nitrogens is 1. The quantitative estimate of drug-likeness (QED) is 0.888. The van der Waals surface area contributed by atoms with Gasteiger partial charge in [0.1, 0.15) is 5.76 Å². The molecular formula is C18H21N3O3S. The third-order valence-electron chi connectivity index (χ3n) is 4.19. The van der Waals surface area contributed by atoms with Gasteiger partial charge in [-0.1, -0.05) is 29.4 Å². The first-order valence-corrected chi connectivity index (χ1v) is 9.28. The molecule has 132 valence electrons. The highest BCUT2D eigenvalue weighted by Crippen LogP contribution is 2.20. The van der Waals surface area contributed by atoms with Crippen LogP contribution < -0.4 is 5.32 Å². The number of rotatable bonds is 5. The molecule has 0 saturated heterocycles. The Labute approximate surface area is 150 Å². The van der Waals surface area contributed by atoms with E-state index in [1.807, 2.05) is 17.0 Å². The van der Waals surface area contributed by atoms with Crippen molar-refractivity contribution < 1.29 is 14.1 Å². The minimum Gasteiger partial charge on any atom is -0.360 e. The third-order valence-corrected chi connectivity index (χ3v) is 5.32. The lowest BCUT2D eigenvalue weighted by atomic mass is 10.00. The van der Waals surface area contributed by atoms with Crippen molar-refractivity contribution in [1.82, 2.24) is 10.1 Å². The van der Waals surface area contributed by atoms with Crippen LogP contribution in [0, 0.1) is 6.92 Å². The Bertz CT molecular complexity index is 774. The zero-order valence-electron chi connectivity index (χ0n) is 14.3. The van der Waals surface area contributed by atoms with Crippen LogP contribution in [0.25, 0.3) is 0 Å². The molecule has 2 heterocycles.